The highest BCUT2D eigenvalue weighted by atomic mass is 32.1. The van der Waals surface area contributed by atoms with Crippen LogP contribution in [0, 0.1) is 17.6 Å². The molecule has 122 valence electrons. The number of nitrogens with zero attached hydrogens (tertiary/aromatic N) is 3. The second kappa shape index (κ2) is 5.70. The topological polar surface area (TPSA) is 36.4 Å². The Morgan fingerprint density at radius 2 is 1.91 bits per heavy atom. The first kappa shape index (κ1) is 14.8. The Labute approximate surface area is 136 Å². The van der Waals surface area contributed by atoms with Crippen LogP contribution in [0.5, 0.6) is 0 Å². The number of fused-ring (bicyclic) bond motifs is 1. The number of hydrogen-bond donors (Lipinski definition) is 0. The van der Waals surface area contributed by atoms with Crippen molar-refractivity contribution >= 4 is 32.6 Å². The molecule has 1 aromatic heterocycles. The molecule has 0 spiro atoms. The van der Waals surface area contributed by atoms with Crippen molar-refractivity contribution in [3.63, 3.8) is 0 Å². The second-order valence-electron chi connectivity index (χ2n) is 6.17. The number of carbonyl (C=O) groups excluding carboxylic acids is 1. The molecule has 1 saturated carbocycles. The number of aromatic nitrogens is 1. The van der Waals surface area contributed by atoms with E-state index in [9.17, 15) is 13.6 Å². The van der Waals surface area contributed by atoms with Gasteiger partial charge in [-0.1, -0.05) is 17.8 Å². The molecular weight excluding hydrogens is 320 g/mol. The van der Waals surface area contributed by atoms with Gasteiger partial charge in [0.15, 0.2) is 10.9 Å². The minimum Gasteiger partial charge on any atom is -0.345 e. The maximum Gasteiger partial charge on any atom is 0.225 e. The van der Waals surface area contributed by atoms with Crippen molar-refractivity contribution in [3.8, 4) is 0 Å². The molecule has 7 heteroatoms. The van der Waals surface area contributed by atoms with Crippen LogP contribution in [0.15, 0.2) is 12.1 Å². The summed E-state index contributed by atoms with van der Waals surface area (Å²) in [5.74, 6) is -0.711. The fraction of sp³-hybridized carbons (Fsp3) is 0.500. The Kier molecular flexibility index (Phi) is 3.67. The van der Waals surface area contributed by atoms with E-state index in [1.165, 1.54) is 17.4 Å². The lowest BCUT2D eigenvalue weighted by Crippen LogP contribution is -2.51. The van der Waals surface area contributed by atoms with Gasteiger partial charge in [0.1, 0.15) is 11.3 Å². The Bertz CT molecular complexity index is 751. The van der Waals surface area contributed by atoms with Crippen LogP contribution in [0.4, 0.5) is 13.9 Å². The lowest BCUT2D eigenvalue weighted by Gasteiger charge is -2.38. The lowest BCUT2D eigenvalue weighted by atomic mass is 9.84. The van der Waals surface area contributed by atoms with Crippen molar-refractivity contribution in [2.75, 3.05) is 31.1 Å². The molecule has 0 atom stereocenters. The van der Waals surface area contributed by atoms with Gasteiger partial charge in [0.2, 0.25) is 5.91 Å². The summed E-state index contributed by atoms with van der Waals surface area (Å²) >= 11 is 1.30. The normalized spacial score (nSPS) is 19.2. The van der Waals surface area contributed by atoms with E-state index in [0.717, 1.165) is 25.3 Å². The molecule has 2 aliphatic rings. The standard InChI is InChI=1S/C16H17F2N3OS/c17-11-8-12(18)14-13(9-11)23-16(19-14)21-6-4-20(5-7-21)15(22)10-2-1-3-10/h8-10H,1-7H2. The molecule has 1 aliphatic carbocycles. The van der Waals surface area contributed by atoms with Gasteiger partial charge in [-0.15, -0.1) is 0 Å². The van der Waals surface area contributed by atoms with Gasteiger partial charge >= 0.3 is 0 Å². The summed E-state index contributed by atoms with van der Waals surface area (Å²) in [5, 5.41) is 0.695. The quantitative estimate of drug-likeness (QED) is 0.845. The molecule has 1 aromatic carbocycles. The molecule has 2 heterocycles. The smallest absolute Gasteiger partial charge is 0.225 e. The van der Waals surface area contributed by atoms with Gasteiger partial charge in [0.25, 0.3) is 0 Å². The van der Waals surface area contributed by atoms with E-state index in [2.05, 4.69) is 4.98 Å². The number of halogens is 2. The highest BCUT2D eigenvalue weighted by Gasteiger charge is 2.31. The lowest BCUT2D eigenvalue weighted by molar-refractivity contribution is -0.138. The van der Waals surface area contributed by atoms with E-state index in [1.807, 2.05) is 9.80 Å². The van der Waals surface area contributed by atoms with Gasteiger partial charge in [-0.05, 0) is 18.9 Å². The third-order valence-corrected chi connectivity index (χ3v) is 5.78. The zero-order chi connectivity index (χ0) is 16.0. The molecule has 0 unspecified atom stereocenters. The van der Waals surface area contributed by atoms with Crippen molar-refractivity contribution in [2.45, 2.75) is 19.3 Å². The van der Waals surface area contributed by atoms with Crippen LogP contribution < -0.4 is 4.90 Å². The van der Waals surface area contributed by atoms with Gasteiger partial charge in [-0.25, -0.2) is 13.8 Å². The minimum absolute atomic E-state index is 0.222. The van der Waals surface area contributed by atoms with Crippen LogP contribution in [-0.2, 0) is 4.79 Å². The average Bonchev–Trinajstić information content (AvgIpc) is 2.90. The molecule has 23 heavy (non-hydrogen) atoms. The van der Waals surface area contributed by atoms with E-state index in [1.54, 1.807) is 0 Å². The number of hydrogen-bond acceptors (Lipinski definition) is 4. The van der Waals surface area contributed by atoms with Crippen molar-refractivity contribution < 1.29 is 13.6 Å². The fourth-order valence-electron chi connectivity index (χ4n) is 3.11. The maximum absolute atomic E-state index is 13.8. The largest absolute Gasteiger partial charge is 0.345 e. The summed E-state index contributed by atoms with van der Waals surface area (Å²) in [6.45, 7) is 2.70. The molecular formula is C16H17F2N3OS. The summed E-state index contributed by atoms with van der Waals surface area (Å²) in [5.41, 5.74) is 0.222. The van der Waals surface area contributed by atoms with E-state index in [-0.39, 0.29) is 17.3 Å². The Balaban J connectivity index is 1.48. The molecule has 4 rings (SSSR count). The summed E-state index contributed by atoms with van der Waals surface area (Å²) < 4.78 is 27.6. The zero-order valence-corrected chi connectivity index (χ0v) is 13.4. The number of amides is 1. The Morgan fingerprint density at radius 3 is 2.57 bits per heavy atom. The summed E-state index contributed by atoms with van der Waals surface area (Å²) in [6, 6.07) is 2.18. The predicted octanol–water partition coefficient (Wildman–Crippen LogP) is 3.02. The van der Waals surface area contributed by atoms with E-state index >= 15 is 0 Å². The Morgan fingerprint density at radius 1 is 1.17 bits per heavy atom. The van der Waals surface area contributed by atoms with Gasteiger partial charge in [0, 0.05) is 38.2 Å². The molecule has 2 aromatic rings. The van der Waals surface area contributed by atoms with Crippen molar-refractivity contribution in [1.29, 1.82) is 0 Å². The summed E-state index contributed by atoms with van der Waals surface area (Å²) in [6.07, 6.45) is 3.19. The number of anilines is 1. The first-order valence-corrected chi connectivity index (χ1v) is 8.73. The average molecular weight is 337 g/mol. The number of rotatable bonds is 2. The van der Waals surface area contributed by atoms with Crippen LogP contribution in [0.3, 0.4) is 0 Å². The predicted molar refractivity (Wildman–Crippen MR) is 85.7 cm³/mol. The fourth-order valence-corrected chi connectivity index (χ4v) is 4.17. The third kappa shape index (κ3) is 2.67. The first-order valence-electron chi connectivity index (χ1n) is 7.91. The van der Waals surface area contributed by atoms with Crippen LogP contribution in [0.25, 0.3) is 10.2 Å². The number of thiazole rings is 1. The van der Waals surface area contributed by atoms with Gasteiger partial charge in [-0.3, -0.25) is 4.79 Å². The number of benzene rings is 1. The molecule has 1 aliphatic heterocycles. The second-order valence-corrected chi connectivity index (χ2v) is 7.18. The first-order chi connectivity index (χ1) is 11.1. The molecule has 2 fully saturated rings. The minimum atomic E-state index is -0.624. The number of carbonyl (C=O) groups is 1. The maximum atomic E-state index is 13.8. The number of piperazine rings is 1. The van der Waals surface area contributed by atoms with E-state index < -0.39 is 11.6 Å². The molecule has 0 bridgehead atoms. The SMILES string of the molecule is O=C(C1CCC1)N1CCN(c2nc3c(F)cc(F)cc3s2)CC1. The zero-order valence-electron chi connectivity index (χ0n) is 12.6. The van der Waals surface area contributed by atoms with Crippen LogP contribution in [0.2, 0.25) is 0 Å². The Hall–Kier alpha value is -1.76. The van der Waals surface area contributed by atoms with Crippen LogP contribution in [-0.4, -0.2) is 42.0 Å². The molecule has 4 nitrogen and oxygen atoms in total. The van der Waals surface area contributed by atoms with Crippen molar-refractivity contribution in [1.82, 2.24) is 9.88 Å². The van der Waals surface area contributed by atoms with E-state index in [0.29, 0.717) is 36.0 Å². The van der Waals surface area contributed by atoms with Crippen LogP contribution in [0.1, 0.15) is 19.3 Å². The molecule has 1 amide bonds. The van der Waals surface area contributed by atoms with Gasteiger partial charge < -0.3 is 9.80 Å². The molecule has 0 N–H and O–H groups in total. The van der Waals surface area contributed by atoms with Crippen molar-refractivity contribution in [2.24, 2.45) is 5.92 Å². The third-order valence-electron chi connectivity index (χ3n) is 4.72. The van der Waals surface area contributed by atoms with Gasteiger partial charge in [-0.2, -0.15) is 0 Å². The van der Waals surface area contributed by atoms with Gasteiger partial charge in [0.05, 0.1) is 4.70 Å². The highest BCUT2D eigenvalue weighted by molar-refractivity contribution is 7.22. The highest BCUT2D eigenvalue weighted by Crippen LogP contribution is 2.32. The summed E-state index contributed by atoms with van der Waals surface area (Å²) in [7, 11) is 0. The monoisotopic (exact) mass is 337 g/mol. The van der Waals surface area contributed by atoms with Crippen LogP contribution >= 0.6 is 11.3 Å². The molecule has 0 radical (unpaired) electrons. The van der Waals surface area contributed by atoms with E-state index in [4.69, 9.17) is 0 Å². The molecule has 1 saturated heterocycles. The summed E-state index contributed by atoms with van der Waals surface area (Å²) in [4.78, 5) is 20.5. The van der Waals surface area contributed by atoms with Crippen molar-refractivity contribution in [3.05, 3.63) is 23.8 Å².